The lowest BCUT2D eigenvalue weighted by molar-refractivity contribution is 0.0933. The number of rotatable bonds is 6. The first-order chi connectivity index (χ1) is 9.58. The van der Waals surface area contributed by atoms with Crippen LogP contribution in [0.4, 0.5) is 0 Å². The third kappa shape index (κ3) is 3.65. The summed E-state index contributed by atoms with van der Waals surface area (Å²) in [4.78, 5) is 12.3. The molecule has 0 saturated carbocycles. The Labute approximate surface area is 120 Å². The lowest BCUT2D eigenvalue weighted by Crippen LogP contribution is -2.32. The van der Waals surface area contributed by atoms with Crippen LogP contribution in [0.25, 0.3) is 0 Å². The van der Waals surface area contributed by atoms with E-state index in [-0.39, 0.29) is 18.7 Å². The van der Waals surface area contributed by atoms with Crippen molar-refractivity contribution in [1.82, 2.24) is 5.32 Å². The van der Waals surface area contributed by atoms with E-state index in [4.69, 9.17) is 9.47 Å². The second-order valence-corrected chi connectivity index (χ2v) is 5.74. The van der Waals surface area contributed by atoms with Crippen LogP contribution in [-0.4, -0.2) is 18.7 Å². The lowest BCUT2D eigenvalue weighted by Gasteiger charge is -2.15. The molecular formula is C16H23NO3. The fourth-order valence-corrected chi connectivity index (χ4v) is 2.32. The highest BCUT2D eigenvalue weighted by molar-refractivity contribution is 5.98. The van der Waals surface area contributed by atoms with Gasteiger partial charge < -0.3 is 14.8 Å². The van der Waals surface area contributed by atoms with Gasteiger partial charge >= 0.3 is 0 Å². The van der Waals surface area contributed by atoms with Crippen molar-refractivity contribution in [2.45, 2.75) is 46.1 Å². The van der Waals surface area contributed by atoms with Gasteiger partial charge in [-0.2, -0.15) is 0 Å². The molecule has 0 aliphatic carbocycles. The minimum absolute atomic E-state index is 0.0932. The summed E-state index contributed by atoms with van der Waals surface area (Å²) in [6.07, 6.45) is 3.32. The van der Waals surface area contributed by atoms with Crippen molar-refractivity contribution in [1.29, 1.82) is 0 Å². The molecule has 0 bridgehead atoms. The van der Waals surface area contributed by atoms with Gasteiger partial charge in [-0.1, -0.05) is 32.8 Å². The maximum absolute atomic E-state index is 12.3. The Hall–Kier alpha value is -1.71. The summed E-state index contributed by atoms with van der Waals surface area (Å²) in [5.41, 5.74) is 0.552. The molecule has 110 valence electrons. The van der Waals surface area contributed by atoms with Gasteiger partial charge in [0, 0.05) is 6.04 Å². The first-order valence-corrected chi connectivity index (χ1v) is 7.27. The van der Waals surface area contributed by atoms with E-state index in [1.165, 1.54) is 6.42 Å². The van der Waals surface area contributed by atoms with Crippen LogP contribution in [0.2, 0.25) is 0 Å². The van der Waals surface area contributed by atoms with E-state index in [2.05, 4.69) is 19.2 Å². The molecule has 0 spiro atoms. The number of fused-ring (bicyclic) bond motifs is 1. The Morgan fingerprint density at radius 1 is 1.25 bits per heavy atom. The molecule has 0 fully saturated rings. The molecule has 1 atom stereocenters. The van der Waals surface area contributed by atoms with E-state index in [0.29, 0.717) is 23.0 Å². The van der Waals surface area contributed by atoms with Crippen LogP contribution in [0.15, 0.2) is 18.2 Å². The van der Waals surface area contributed by atoms with Crippen molar-refractivity contribution in [2.24, 2.45) is 5.92 Å². The molecule has 1 aromatic rings. The van der Waals surface area contributed by atoms with Gasteiger partial charge in [0.1, 0.15) is 0 Å². The minimum atomic E-state index is -0.0932. The zero-order valence-electron chi connectivity index (χ0n) is 12.4. The third-order valence-corrected chi connectivity index (χ3v) is 3.44. The predicted molar refractivity (Wildman–Crippen MR) is 78.2 cm³/mol. The topological polar surface area (TPSA) is 47.6 Å². The molecule has 1 aliphatic heterocycles. The maximum Gasteiger partial charge on any atom is 0.255 e. The number of amides is 1. The Morgan fingerprint density at radius 3 is 2.80 bits per heavy atom. The maximum atomic E-state index is 12.3. The number of ether oxygens (including phenoxy) is 2. The summed E-state index contributed by atoms with van der Waals surface area (Å²) in [5.74, 6) is 1.81. The smallest absolute Gasteiger partial charge is 0.255 e. The predicted octanol–water partition coefficient (Wildman–Crippen LogP) is 3.36. The Morgan fingerprint density at radius 2 is 2.05 bits per heavy atom. The molecule has 4 heteroatoms. The number of hydrogen-bond acceptors (Lipinski definition) is 3. The summed E-state index contributed by atoms with van der Waals surface area (Å²) in [6, 6.07) is 5.56. The van der Waals surface area contributed by atoms with Gasteiger partial charge in [0.25, 0.3) is 5.91 Å². The van der Waals surface area contributed by atoms with Crippen molar-refractivity contribution in [3.05, 3.63) is 23.8 Å². The summed E-state index contributed by atoms with van der Waals surface area (Å²) in [7, 11) is 0. The number of benzene rings is 1. The molecule has 0 unspecified atom stereocenters. The Kier molecular flexibility index (Phi) is 4.88. The first-order valence-electron chi connectivity index (χ1n) is 7.27. The van der Waals surface area contributed by atoms with Crippen molar-refractivity contribution in [3.63, 3.8) is 0 Å². The van der Waals surface area contributed by atoms with Gasteiger partial charge in [0.2, 0.25) is 6.79 Å². The fourth-order valence-electron chi connectivity index (χ4n) is 2.32. The largest absolute Gasteiger partial charge is 0.454 e. The zero-order chi connectivity index (χ0) is 14.5. The highest BCUT2D eigenvalue weighted by Gasteiger charge is 2.22. The van der Waals surface area contributed by atoms with Gasteiger partial charge in [-0.25, -0.2) is 0 Å². The molecule has 1 aromatic carbocycles. The molecule has 1 amide bonds. The summed E-state index contributed by atoms with van der Waals surface area (Å²) in [6.45, 7) is 6.66. The summed E-state index contributed by atoms with van der Waals surface area (Å²) >= 11 is 0. The van der Waals surface area contributed by atoms with Gasteiger partial charge in [0.05, 0.1) is 5.56 Å². The number of nitrogens with one attached hydrogen (secondary N) is 1. The molecule has 0 radical (unpaired) electrons. The molecule has 2 rings (SSSR count). The van der Waals surface area contributed by atoms with Gasteiger partial charge in [0.15, 0.2) is 11.5 Å². The second kappa shape index (κ2) is 6.64. The minimum Gasteiger partial charge on any atom is -0.454 e. The van der Waals surface area contributed by atoms with Crippen molar-refractivity contribution in [3.8, 4) is 11.5 Å². The van der Waals surface area contributed by atoms with E-state index in [9.17, 15) is 4.79 Å². The normalized spacial score (nSPS) is 14.4. The number of carbonyl (C=O) groups is 1. The van der Waals surface area contributed by atoms with Crippen molar-refractivity contribution < 1.29 is 14.3 Å². The molecule has 20 heavy (non-hydrogen) atoms. The van der Waals surface area contributed by atoms with E-state index in [1.807, 2.05) is 19.1 Å². The molecule has 0 saturated heterocycles. The molecular weight excluding hydrogens is 254 g/mol. The van der Waals surface area contributed by atoms with Crippen LogP contribution in [0.3, 0.4) is 0 Å². The van der Waals surface area contributed by atoms with E-state index in [0.717, 1.165) is 12.8 Å². The quantitative estimate of drug-likeness (QED) is 0.867. The number of carbonyl (C=O) groups excluding carboxylic acids is 1. The van der Waals surface area contributed by atoms with Crippen molar-refractivity contribution in [2.75, 3.05) is 6.79 Å². The number of hydrogen-bond donors (Lipinski definition) is 1. The van der Waals surface area contributed by atoms with Crippen LogP contribution in [0.1, 0.15) is 50.4 Å². The Bertz CT molecular complexity index is 471. The average Bonchev–Trinajstić information content (AvgIpc) is 2.85. The highest BCUT2D eigenvalue weighted by Crippen LogP contribution is 2.35. The second-order valence-electron chi connectivity index (χ2n) is 5.74. The third-order valence-electron chi connectivity index (χ3n) is 3.44. The van der Waals surface area contributed by atoms with Crippen LogP contribution in [-0.2, 0) is 0 Å². The van der Waals surface area contributed by atoms with Crippen molar-refractivity contribution >= 4 is 5.91 Å². The zero-order valence-corrected chi connectivity index (χ0v) is 12.4. The molecule has 4 nitrogen and oxygen atoms in total. The fraction of sp³-hybridized carbons (Fsp3) is 0.562. The standard InChI is InChI=1S/C16H23NO3/c1-11(2)6-4-7-12(3)17-16(18)13-8-5-9-14-15(13)20-10-19-14/h5,8-9,11-12H,4,6-7,10H2,1-3H3,(H,17,18)/t12-/m0/s1. The van der Waals surface area contributed by atoms with Crippen LogP contribution in [0.5, 0.6) is 11.5 Å². The molecule has 1 heterocycles. The highest BCUT2D eigenvalue weighted by atomic mass is 16.7. The summed E-state index contributed by atoms with van der Waals surface area (Å²) in [5, 5.41) is 3.03. The molecule has 1 aliphatic rings. The van der Waals surface area contributed by atoms with E-state index >= 15 is 0 Å². The lowest BCUT2D eigenvalue weighted by atomic mass is 10.0. The summed E-state index contributed by atoms with van der Waals surface area (Å²) < 4.78 is 10.6. The van der Waals surface area contributed by atoms with E-state index < -0.39 is 0 Å². The van der Waals surface area contributed by atoms with Gasteiger partial charge in [-0.3, -0.25) is 4.79 Å². The van der Waals surface area contributed by atoms with Gasteiger partial charge in [-0.05, 0) is 31.4 Å². The van der Waals surface area contributed by atoms with Crippen LogP contribution in [0, 0.1) is 5.92 Å². The van der Waals surface area contributed by atoms with Crippen LogP contribution < -0.4 is 14.8 Å². The molecule has 1 N–H and O–H groups in total. The SMILES string of the molecule is CC(C)CCC[C@H](C)NC(=O)c1cccc2c1OCO2. The van der Waals surface area contributed by atoms with E-state index in [1.54, 1.807) is 6.07 Å². The first kappa shape index (κ1) is 14.7. The Balaban J connectivity index is 1.90. The molecule has 0 aromatic heterocycles. The van der Waals surface area contributed by atoms with Gasteiger partial charge in [-0.15, -0.1) is 0 Å². The monoisotopic (exact) mass is 277 g/mol. The average molecular weight is 277 g/mol. The van der Waals surface area contributed by atoms with Crippen LogP contribution >= 0.6 is 0 Å². The number of para-hydroxylation sites is 1.